The Balaban J connectivity index is 2.27. The van der Waals surface area contributed by atoms with Crippen LogP contribution in [0.25, 0.3) is 5.57 Å². The summed E-state index contributed by atoms with van der Waals surface area (Å²) in [7, 11) is 0. The van der Waals surface area contributed by atoms with Gasteiger partial charge in [-0.2, -0.15) is 5.10 Å². The van der Waals surface area contributed by atoms with Crippen LogP contribution in [0.4, 0.5) is 0 Å². The molecule has 0 saturated carbocycles. The molecule has 0 atom stereocenters. The maximum absolute atomic E-state index is 6.23. The molecule has 0 spiro atoms. The highest BCUT2D eigenvalue weighted by Crippen LogP contribution is 2.20. The fourth-order valence-corrected chi connectivity index (χ4v) is 3.22. The van der Waals surface area contributed by atoms with Crippen molar-refractivity contribution in [3.05, 3.63) is 102 Å². The third kappa shape index (κ3) is 8.04. The van der Waals surface area contributed by atoms with Gasteiger partial charge in [-0.25, -0.2) is 4.99 Å². The molecule has 5 nitrogen and oxygen atoms in total. The molecule has 0 radical (unpaired) electrons. The van der Waals surface area contributed by atoms with Crippen LogP contribution in [-0.2, 0) is 0 Å². The summed E-state index contributed by atoms with van der Waals surface area (Å²) in [6, 6.07) is 17.9. The SMILES string of the molecule is C=C/C(=C\C=C(/C)c1ccccc1/C(C)=N/N)CN=C(CCCC)N=C(N)c1ccccc1. The van der Waals surface area contributed by atoms with Gasteiger partial charge in [-0.1, -0.05) is 92.7 Å². The van der Waals surface area contributed by atoms with E-state index in [-0.39, 0.29) is 0 Å². The van der Waals surface area contributed by atoms with E-state index < -0.39 is 0 Å². The first-order valence-electron chi connectivity index (χ1n) is 11.3. The molecule has 4 N–H and O–H groups in total. The fraction of sp³-hybridized carbons (Fsp3) is 0.250. The number of aliphatic imine (C=N–C) groups is 2. The van der Waals surface area contributed by atoms with Crippen molar-refractivity contribution < 1.29 is 0 Å². The summed E-state index contributed by atoms with van der Waals surface area (Å²) >= 11 is 0. The Labute approximate surface area is 198 Å². The van der Waals surface area contributed by atoms with Gasteiger partial charge in [-0.15, -0.1) is 0 Å². The zero-order valence-electron chi connectivity index (χ0n) is 20.0. The quantitative estimate of drug-likeness (QED) is 0.158. The molecule has 0 heterocycles. The third-order valence-corrected chi connectivity index (χ3v) is 5.26. The van der Waals surface area contributed by atoms with Gasteiger partial charge in [0.15, 0.2) is 0 Å². The Bertz CT molecular complexity index is 1070. The van der Waals surface area contributed by atoms with E-state index in [0.29, 0.717) is 12.4 Å². The highest BCUT2D eigenvalue weighted by Gasteiger charge is 2.06. The van der Waals surface area contributed by atoms with Crippen LogP contribution in [0.15, 0.2) is 100 Å². The second-order valence-electron chi connectivity index (χ2n) is 7.75. The first-order chi connectivity index (χ1) is 16.0. The predicted molar refractivity (Wildman–Crippen MR) is 144 cm³/mol. The van der Waals surface area contributed by atoms with E-state index >= 15 is 0 Å². The lowest BCUT2D eigenvalue weighted by Crippen LogP contribution is -2.16. The van der Waals surface area contributed by atoms with Crippen molar-refractivity contribution in [3.63, 3.8) is 0 Å². The molecule has 33 heavy (non-hydrogen) atoms. The summed E-state index contributed by atoms with van der Waals surface area (Å²) in [4.78, 5) is 9.37. The number of amidine groups is 2. The van der Waals surface area contributed by atoms with Crippen molar-refractivity contribution in [2.45, 2.75) is 40.0 Å². The number of nitrogens with two attached hydrogens (primary N) is 2. The van der Waals surface area contributed by atoms with E-state index in [0.717, 1.165) is 58.6 Å². The van der Waals surface area contributed by atoms with Gasteiger partial charge in [0.1, 0.15) is 11.7 Å². The highest BCUT2D eigenvalue weighted by molar-refractivity contribution is 6.05. The van der Waals surface area contributed by atoms with Gasteiger partial charge in [0.2, 0.25) is 0 Å². The molecule has 0 saturated heterocycles. The van der Waals surface area contributed by atoms with E-state index in [1.54, 1.807) is 0 Å². The number of benzene rings is 2. The molecule has 0 aliphatic rings. The number of hydrogen-bond acceptors (Lipinski definition) is 3. The normalized spacial score (nSPS) is 13.8. The number of nitrogens with zero attached hydrogens (tertiary/aromatic N) is 3. The second-order valence-corrected chi connectivity index (χ2v) is 7.75. The van der Waals surface area contributed by atoms with E-state index in [9.17, 15) is 0 Å². The van der Waals surface area contributed by atoms with Crippen molar-refractivity contribution >= 4 is 23.0 Å². The van der Waals surface area contributed by atoms with Crippen LogP contribution in [0.1, 0.15) is 56.7 Å². The summed E-state index contributed by atoms with van der Waals surface area (Å²) in [6.07, 6.45) is 8.80. The Kier molecular flexibility index (Phi) is 10.5. The minimum atomic E-state index is 0.485. The topological polar surface area (TPSA) is 89.1 Å². The van der Waals surface area contributed by atoms with E-state index in [2.05, 4.69) is 42.7 Å². The lowest BCUT2D eigenvalue weighted by atomic mass is 9.97. The zero-order chi connectivity index (χ0) is 24.1. The van der Waals surface area contributed by atoms with Crippen LogP contribution in [0.3, 0.4) is 0 Å². The smallest absolute Gasteiger partial charge is 0.132 e. The lowest BCUT2D eigenvalue weighted by molar-refractivity contribution is 0.828. The zero-order valence-corrected chi connectivity index (χ0v) is 20.0. The van der Waals surface area contributed by atoms with Gasteiger partial charge in [0.25, 0.3) is 0 Å². The second kappa shape index (κ2) is 13.6. The average Bonchev–Trinajstić information content (AvgIpc) is 2.86. The molecule has 2 aromatic rings. The molecular formula is C28H35N5. The number of hydrazone groups is 1. The third-order valence-electron chi connectivity index (χ3n) is 5.26. The molecule has 0 bridgehead atoms. The first kappa shape index (κ1) is 25.5. The van der Waals surface area contributed by atoms with Crippen LogP contribution in [0.5, 0.6) is 0 Å². The van der Waals surface area contributed by atoms with Gasteiger partial charge < -0.3 is 11.6 Å². The minimum absolute atomic E-state index is 0.485. The molecular weight excluding hydrogens is 406 g/mol. The van der Waals surface area contributed by atoms with Crippen LogP contribution in [0, 0.1) is 0 Å². The number of rotatable bonds is 10. The van der Waals surface area contributed by atoms with Crippen molar-refractivity contribution in [3.8, 4) is 0 Å². The van der Waals surface area contributed by atoms with Gasteiger partial charge in [0.05, 0.1) is 12.3 Å². The van der Waals surface area contributed by atoms with Crippen LogP contribution in [0.2, 0.25) is 0 Å². The number of hydrogen-bond donors (Lipinski definition) is 2. The van der Waals surface area contributed by atoms with Crippen molar-refractivity contribution in [1.29, 1.82) is 0 Å². The molecule has 0 amide bonds. The molecule has 0 aliphatic carbocycles. The maximum Gasteiger partial charge on any atom is 0.132 e. The monoisotopic (exact) mass is 441 g/mol. The molecule has 2 rings (SSSR count). The van der Waals surface area contributed by atoms with E-state index in [1.807, 2.05) is 67.6 Å². The van der Waals surface area contributed by atoms with E-state index in [4.69, 9.17) is 16.6 Å². The summed E-state index contributed by atoms with van der Waals surface area (Å²) in [6.45, 7) is 10.6. The Morgan fingerprint density at radius 2 is 1.64 bits per heavy atom. The number of unbranched alkanes of at least 4 members (excludes halogenated alkanes) is 1. The summed E-state index contributed by atoms with van der Waals surface area (Å²) in [5, 5.41) is 3.85. The van der Waals surface area contributed by atoms with Crippen LogP contribution >= 0.6 is 0 Å². The molecule has 2 aromatic carbocycles. The molecule has 0 fully saturated rings. The Hall–Kier alpha value is -3.73. The molecule has 0 aliphatic heterocycles. The standard InChI is InChI=1S/C28H35N5/c1-5-7-17-27(32-28(29)24-13-9-8-10-14-24)31-20-23(6-2)19-18-21(3)25-15-11-12-16-26(25)22(4)33-30/h6,8-16,18-19H,2,5,7,17,20,30H2,1,3-4H3,(H2,29,31,32)/b21-18+,23-19+,33-22+. The van der Waals surface area contributed by atoms with Gasteiger partial charge in [0, 0.05) is 17.5 Å². The Morgan fingerprint density at radius 3 is 2.27 bits per heavy atom. The average molecular weight is 442 g/mol. The fourth-order valence-electron chi connectivity index (χ4n) is 3.22. The Morgan fingerprint density at radius 1 is 0.970 bits per heavy atom. The van der Waals surface area contributed by atoms with Gasteiger partial charge in [-0.3, -0.25) is 4.99 Å². The summed E-state index contributed by atoms with van der Waals surface area (Å²) < 4.78 is 0. The van der Waals surface area contributed by atoms with Crippen molar-refractivity contribution in [2.75, 3.05) is 6.54 Å². The van der Waals surface area contributed by atoms with Gasteiger partial charge >= 0.3 is 0 Å². The molecule has 172 valence electrons. The number of allylic oxidation sites excluding steroid dienone is 3. The van der Waals surface area contributed by atoms with Crippen LogP contribution < -0.4 is 11.6 Å². The molecule has 0 unspecified atom stereocenters. The first-order valence-corrected chi connectivity index (χ1v) is 11.3. The predicted octanol–water partition coefficient (Wildman–Crippen LogP) is 5.88. The molecule has 5 heteroatoms. The van der Waals surface area contributed by atoms with Crippen LogP contribution in [-0.4, -0.2) is 23.9 Å². The minimum Gasteiger partial charge on any atom is -0.383 e. The largest absolute Gasteiger partial charge is 0.383 e. The lowest BCUT2D eigenvalue weighted by Gasteiger charge is -2.09. The van der Waals surface area contributed by atoms with Crippen molar-refractivity contribution in [2.24, 2.45) is 26.7 Å². The molecule has 0 aromatic heterocycles. The summed E-state index contributed by atoms with van der Waals surface area (Å²) in [5.41, 5.74) is 12.1. The van der Waals surface area contributed by atoms with Crippen molar-refractivity contribution in [1.82, 2.24) is 0 Å². The maximum atomic E-state index is 6.23. The van der Waals surface area contributed by atoms with E-state index in [1.165, 1.54) is 0 Å². The summed E-state index contributed by atoms with van der Waals surface area (Å²) in [5.74, 6) is 6.74. The van der Waals surface area contributed by atoms with Gasteiger partial charge in [-0.05, 0) is 37.0 Å². The highest BCUT2D eigenvalue weighted by atomic mass is 15.1.